The van der Waals surface area contributed by atoms with E-state index in [-0.39, 0.29) is 5.69 Å². The highest BCUT2D eigenvalue weighted by Gasteiger charge is 2.16. The molecule has 7 heteroatoms. The molecule has 0 saturated carbocycles. The Bertz CT molecular complexity index is 1420. The molecule has 1 N–H and O–H groups in total. The summed E-state index contributed by atoms with van der Waals surface area (Å²) in [5, 5.41) is 2.59. The molecule has 1 amide bonds. The van der Waals surface area contributed by atoms with Crippen LogP contribution in [0.25, 0.3) is 33.8 Å². The van der Waals surface area contributed by atoms with Gasteiger partial charge in [-0.1, -0.05) is 24.3 Å². The minimum absolute atomic E-state index is 0.114. The summed E-state index contributed by atoms with van der Waals surface area (Å²) in [5.74, 6) is -0.939. The summed E-state index contributed by atoms with van der Waals surface area (Å²) in [6, 6.07) is 22.1. The first-order valence-electron chi connectivity index (χ1n) is 9.89. The zero-order valence-corrected chi connectivity index (χ0v) is 16.7. The van der Waals surface area contributed by atoms with Crippen molar-refractivity contribution in [3.05, 3.63) is 103 Å². The van der Waals surface area contributed by atoms with E-state index < -0.39 is 11.7 Å². The fourth-order valence-corrected chi connectivity index (χ4v) is 3.32. The predicted molar refractivity (Wildman–Crippen MR) is 120 cm³/mol. The molecule has 3 aromatic heterocycles. The average Bonchev–Trinajstić information content (AvgIpc) is 2.85. The van der Waals surface area contributed by atoms with Gasteiger partial charge in [-0.3, -0.25) is 14.8 Å². The number of amides is 1. The minimum atomic E-state index is -0.501. The number of halogens is 1. The highest BCUT2D eigenvalue weighted by Crippen LogP contribution is 2.29. The SMILES string of the molecule is O=C(Nc1ccccc1F)c1ccc2nc(-c3ccccn3)c(-c3ccccn3)nc2c1. The van der Waals surface area contributed by atoms with Gasteiger partial charge in [-0.2, -0.15) is 0 Å². The second-order valence-electron chi connectivity index (χ2n) is 6.99. The van der Waals surface area contributed by atoms with Crippen LogP contribution in [-0.2, 0) is 0 Å². The normalized spacial score (nSPS) is 10.8. The Hall–Kier alpha value is -4.52. The van der Waals surface area contributed by atoms with Gasteiger partial charge >= 0.3 is 0 Å². The van der Waals surface area contributed by atoms with Crippen molar-refractivity contribution < 1.29 is 9.18 Å². The van der Waals surface area contributed by atoms with Crippen molar-refractivity contribution in [2.45, 2.75) is 0 Å². The van der Waals surface area contributed by atoms with Gasteiger partial charge in [0.2, 0.25) is 0 Å². The largest absolute Gasteiger partial charge is 0.319 e. The van der Waals surface area contributed by atoms with Crippen LogP contribution in [0.3, 0.4) is 0 Å². The fraction of sp³-hybridized carbons (Fsp3) is 0. The van der Waals surface area contributed by atoms with E-state index >= 15 is 0 Å². The maximum atomic E-state index is 13.9. The molecular weight excluding hydrogens is 405 g/mol. The number of pyridine rings is 2. The third-order valence-corrected chi connectivity index (χ3v) is 4.86. The number of anilines is 1. The third kappa shape index (κ3) is 3.79. The summed E-state index contributed by atoms with van der Waals surface area (Å²) in [7, 11) is 0. The number of nitrogens with one attached hydrogen (secondary N) is 1. The molecule has 2 aromatic carbocycles. The summed E-state index contributed by atoms with van der Waals surface area (Å²) in [4.78, 5) is 31.1. The molecule has 0 aliphatic heterocycles. The lowest BCUT2D eigenvalue weighted by atomic mass is 10.1. The van der Waals surface area contributed by atoms with E-state index in [9.17, 15) is 9.18 Å². The van der Waals surface area contributed by atoms with Crippen LogP contribution in [0, 0.1) is 5.82 Å². The second-order valence-corrected chi connectivity index (χ2v) is 6.99. The number of para-hydroxylation sites is 1. The predicted octanol–water partition coefficient (Wildman–Crippen LogP) is 5.15. The lowest BCUT2D eigenvalue weighted by Crippen LogP contribution is -2.13. The van der Waals surface area contributed by atoms with E-state index in [0.29, 0.717) is 39.4 Å². The number of rotatable bonds is 4. The molecule has 0 aliphatic carbocycles. The van der Waals surface area contributed by atoms with Gasteiger partial charge in [-0.15, -0.1) is 0 Å². The molecule has 5 rings (SSSR count). The standard InChI is InChI=1S/C25H16FN5O/c26-17-7-1-2-8-18(17)31-25(32)16-11-12-19-22(15-16)30-24(21-10-4-6-14-28-21)23(29-19)20-9-3-5-13-27-20/h1-15H,(H,31,32). The number of aromatic nitrogens is 4. The number of carbonyl (C=O) groups is 1. The summed E-state index contributed by atoms with van der Waals surface area (Å²) < 4.78 is 13.9. The molecule has 0 radical (unpaired) electrons. The number of carbonyl (C=O) groups excluding carboxylic acids is 1. The van der Waals surface area contributed by atoms with Gasteiger partial charge in [-0.25, -0.2) is 14.4 Å². The van der Waals surface area contributed by atoms with Gasteiger partial charge in [-0.05, 0) is 54.6 Å². The van der Waals surface area contributed by atoms with Gasteiger partial charge in [0, 0.05) is 18.0 Å². The van der Waals surface area contributed by atoms with Gasteiger partial charge in [0.25, 0.3) is 5.91 Å². The molecule has 3 heterocycles. The molecule has 0 bridgehead atoms. The lowest BCUT2D eigenvalue weighted by molar-refractivity contribution is 0.102. The Balaban J connectivity index is 1.60. The van der Waals surface area contributed by atoms with Crippen LogP contribution in [0.5, 0.6) is 0 Å². The van der Waals surface area contributed by atoms with E-state index in [2.05, 4.69) is 15.3 Å². The van der Waals surface area contributed by atoms with Crippen molar-refractivity contribution in [2.24, 2.45) is 0 Å². The first-order valence-corrected chi connectivity index (χ1v) is 9.89. The van der Waals surface area contributed by atoms with E-state index in [4.69, 9.17) is 9.97 Å². The number of benzene rings is 2. The molecule has 0 spiro atoms. The zero-order valence-electron chi connectivity index (χ0n) is 16.7. The molecule has 32 heavy (non-hydrogen) atoms. The van der Waals surface area contributed by atoms with Gasteiger partial charge < -0.3 is 5.32 Å². The summed E-state index contributed by atoms with van der Waals surface area (Å²) in [6.45, 7) is 0. The average molecular weight is 421 g/mol. The highest BCUT2D eigenvalue weighted by atomic mass is 19.1. The lowest BCUT2D eigenvalue weighted by Gasteiger charge is -2.10. The van der Waals surface area contributed by atoms with Crippen molar-refractivity contribution in [2.75, 3.05) is 5.32 Å². The Morgan fingerprint density at radius 2 is 1.34 bits per heavy atom. The van der Waals surface area contributed by atoms with Crippen LogP contribution in [0.2, 0.25) is 0 Å². The maximum Gasteiger partial charge on any atom is 0.255 e. The highest BCUT2D eigenvalue weighted by molar-refractivity contribution is 6.06. The number of hydrogen-bond donors (Lipinski definition) is 1. The van der Waals surface area contributed by atoms with Crippen LogP contribution in [0.15, 0.2) is 91.3 Å². The fourth-order valence-electron chi connectivity index (χ4n) is 3.32. The van der Waals surface area contributed by atoms with Crippen LogP contribution >= 0.6 is 0 Å². The molecule has 0 atom stereocenters. The van der Waals surface area contributed by atoms with Gasteiger partial charge in [0.05, 0.1) is 28.1 Å². The first kappa shape index (κ1) is 19.4. The molecule has 154 valence electrons. The van der Waals surface area contributed by atoms with Crippen molar-refractivity contribution in [3.63, 3.8) is 0 Å². The third-order valence-electron chi connectivity index (χ3n) is 4.86. The Morgan fingerprint density at radius 1 is 0.719 bits per heavy atom. The second kappa shape index (κ2) is 8.31. The summed E-state index contributed by atoms with van der Waals surface area (Å²) >= 11 is 0. The Labute approximate surface area is 182 Å². The Kier molecular flexibility index (Phi) is 5.05. The number of hydrogen-bond acceptors (Lipinski definition) is 5. The summed E-state index contributed by atoms with van der Waals surface area (Å²) in [6.07, 6.45) is 3.38. The van der Waals surface area contributed by atoms with Crippen molar-refractivity contribution >= 4 is 22.6 Å². The molecule has 0 saturated heterocycles. The summed E-state index contributed by atoms with van der Waals surface area (Å²) in [5.41, 5.74) is 4.05. The van der Waals surface area contributed by atoms with Crippen molar-refractivity contribution in [1.29, 1.82) is 0 Å². The van der Waals surface area contributed by atoms with Gasteiger partial charge in [0.1, 0.15) is 17.2 Å². The first-order chi connectivity index (χ1) is 15.7. The van der Waals surface area contributed by atoms with Crippen LogP contribution in [-0.4, -0.2) is 25.8 Å². The number of fused-ring (bicyclic) bond motifs is 1. The Morgan fingerprint density at radius 3 is 1.97 bits per heavy atom. The molecule has 0 aliphatic rings. The molecule has 6 nitrogen and oxygen atoms in total. The van der Waals surface area contributed by atoms with Gasteiger partial charge in [0.15, 0.2) is 0 Å². The van der Waals surface area contributed by atoms with E-state index in [1.165, 1.54) is 12.1 Å². The smallest absolute Gasteiger partial charge is 0.255 e. The van der Waals surface area contributed by atoms with Crippen LogP contribution < -0.4 is 5.32 Å². The van der Waals surface area contributed by atoms with E-state index in [1.807, 2.05) is 36.4 Å². The number of nitrogens with zero attached hydrogens (tertiary/aromatic N) is 4. The van der Waals surface area contributed by atoms with Crippen molar-refractivity contribution in [1.82, 2.24) is 19.9 Å². The topological polar surface area (TPSA) is 80.7 Å². The van der Waals surface area contributed by atoms with E-state index in [0.717, 1.165) is 0 Å². The molecule has 0 fully saturated rings. The zero-order chi connectivity index (χ0) is 21.9. The monoisotopic (exact) mass is 421 g/mol. The van der Waals surface area contributed by atoms with Crippen LogP contribution in [0.1, 0.15) is 10.4 Å². The van der Waals surface area contributed by atoms with Crippen molar-refractivity contribution in [3.8, 4) is 22.8 Å². The van der Waals surface area contributed by atoms with Crippen LogP contribution in [0.4, 0.5) is 10.1 Å². The molecular formula is C25H16FN5O. The minimum Gasteiger partial charge on any atom is -0.319 e. The van der Waals surface area contributed by atoms with E-state index in [1.54, 1.807) is 42.7 Å². The molecule has 0 unspecified atom stereocenters. The molecule has 5 aromatic rings. The maximum absolute atomic E-state index is 13.9. The quantitative estimate of drug-likeness (QED) is 0.434.